The Balaban J connectivity index is 2.73. The highest BCUT2D eigenvalue weighted by Crippen LogP contribution is 2.20. The third kappa shape index (κ3) is 2.72. The molecule has 0 aromatic heterocycles. The van der Waals surface area contributed by atoms with Crippen molar-refractivity contribution in [2.45, 2.75) is 31.9 Å². The Morgan fingerprint density at radius 3 is 2.71 bits per heavy atom. The second-order valence-electron chi connectivity index (χ2n) is 3.48. The van der Waals surface area contributed by atoms with Crippen LogP contribution in [0, 0.1) is 0 Å². The lowest BCUT2D eigenvalue weighted by molar-refractivity contribution is 0.134. The van der Waals surface area contributed by atoms with Crippen LogP contribution in [0.2, 0.25) is 0 Å². The molecule has 0 radical (unpaired) electrons. The fraction of sp³-hybridized carbons (Fsp3) is 0.455. The molecule has 4 N–H and O–H groups in total. The molecular weight excluding hydrogens is 178 g/mol. The minimum absolute atomic E-state index is 0.182. The van der Waals surface area contributed by atoms with Gasteiger partial charge < -0.3 is 15.9 Å². The van der Waals surface area contributed by atoms with Crippen molar-refractivity contribution >= 4 is 0 Å². The number of aliphatic hydroxyl groups is 1. The zero-order chi connectivity index (χ0) is 10.6. The van der Waals surface area contributed by atoms with Gasteiger partial charge in [-0.2, -0.15) is 0 Å². The highest BCUT2D eigenvalue weighted by atomic mass is 16.3. The average molecular weight is 195 g/mol. The van der Waals surface area contributed by atoms with E-state index in [1.165, 1.54) is 0 Å². The van der Waals surface area contributed by atoms with Gasteiger partial charge in [-0.25, -0.2) is 0 Å². The second kappa shape index (κ2) is 4.98. The number of benzene rings is 1. The zero-order valence-electron chi connectivity index (χ0n) is 8.35. The quantitative estimate of drug-likeness (QED) is 0.683. The van der Waals surface area contributed by atoms with E-state index >= 15 is 0 Å². The summed E-state index contributed by atoms with van der Waals surface area (Å²) in [5, 5.41) is 18.9. The number of hydrogen-bond donors (Lipinski definition) is 3. The van der Waals surface area contributed by atoms with Gasteiger partial charge in [-0.15, -0.1) is 0 Å². The molecule has 0 spiro atoms. The zero-order valence-corrected chi connectivity index (χ0v) is 8.35. The van der Waals surface area contributed by atoms with E-state index in [9.17, 15) is 10.2 Å². The number of aromatic hydroxyl groups is 1. The Bertz CT molecular complexity index is 288. The molecule has 1 rings (SSSR count). The van der Waals surface area contributed by atoms with Gasteiger partial charge in [0.05, 0.1) is 12.1 Å². The van der Waals surface area contributed by atoms with Gasteiger partial charge in [0.2, 0.25) is 0 Å². The maximum absolute atomic E-state index is 9.66. The molecule has 0 saturated heterocycles. The van der Waals surface area contributed by atoms with E-state index < -0.39 is 12.1 Å². The van der Waals surface area contributed by atoms with Gasteiger partial charge in [-0.3, -0.25) is 0 Å². The van der Waals surface area contributed by atoms with Crippen molar-refractivity contribution in [2.75, 3.05) is 0 Å². The molecule has 0 amide bonds. The van der Waals surface area contributed by atoms with Crippen LogP contribution in [0.5, 0.6) is 5.75 Å². The van der Waals surface area contributed by atoms with Crippen LogP contribution in [0.1, 0.15) is 31.4 Å². The van der Waals surface area contributed by atoms with Gasteiger partial charge in [-0.1, -0.05) is 25.5 Å². The molecular formula is C11H17NO2. The summed E-state index contributed by atoms with van der Waals surface area (Å²) in [6, 6.07) is 6.29. The van der Waals surface area contributed by atoms with Crippen molar-refractivity contribution in [3.05, 3.63) is 29.8 Å². The predicted octanol–water partition coefficient (Wildman–Crippen LogP) is 1.55. The van der Waals surface area contributed by atoms with Gasteiger partial charge in [0.25, 0.3) is 0 Å². The lowest BCUT2D eigenvalue weighted by atomic mass is 9.99. The largest absolute Gasteiger partial charge is 0.508 e. The molecule has 0 aliphatic carbocycles. The summed E-state index contributed by atoms with van der Waals surface area (Å²) in [7, 11) is 0. The first-order valence-electron chi connectivity index (χ1n) is 4.87. The third-order valence-electron chi connectivity index (χ3n) is 2.25. The summed E-state index contributed by atoms with van der Waals surface area (Å²) in [6.45, 7) is 2.00. The molecule has 0 heterocycles. The number of phenols is 1. The normalized spacial score (nSPS) is 15.1. The van der Waals surface area contributed by atoms with E-state index in [0.717, 1.165) is 12.0 Å². The summed E-state index contributed by atoms with van der Waals surface area (Å²) >= 11 is 0. The lowest BCUT2D eigenvalue weighted by Crippen LogP contribution is -2.25. The van der Waals surface area contributed by atoms with E-state index in [1.807, 2.05) is 13.0 Å². The minimum Gasteiger partial charge on any atom is -0.508 e. The second-order valence-corrected chi connectivity index (χ2v) is 3.48. The van der Waals surface area contributed by atoms with Crippen LogP contribution in [0.25, 0.3) is 0 Å². The summed E-state index contributed by atoms with van der Waals surface area (Å²) < 4.78 is 0. The van der Waals surface area contributed by atoms with Gasteiger partial charge >= 0.3 is 0 Å². The third-order valence-corrected chi connectivity index (χ3v) is 2.25. The first-order chi connectivity index (χ1) is 6.65. The molecule has 14 heavy (non-hydrogen) atoms. The van der Waals surface area contributed by atoms with E-state index in [2.05, 4.69) is 0 Å². The van der Waals surface area contributed by atoms with Gasteiger partial charge in [0.15, 0.2) is 0 Å². The van der Waals surface area contributed by atoms with E-state index in [0.29, 0.717) is 6.42 Å². The Morgan fingerprint density at radius 2 is 2.14 bits per heavy atom. The fourth-order valence-corrected chi connectivity index (χ4v) is 1.43. The lowest BCUT2D eigenvalue weighted by Gasteiger charge is -2.18. The van der Waals surface area contributed by atoms with Crippen LogP contribution >= 0.6 is 0 Å². The minimum atomic E-state index is -0.540. The molecule has 2 atom stereocenters. The predicted molar refractivity (Wildman–Crippen MR) is 56.0 cm³/mol. The molecule has 1 aromatic carbocycles. The molecule has 0 aliphatic heterocycles. The molecule has 1 aromatic rings. The summed E-state index contributed by atoms with van der Waals surface area (Å²) in [5.74, 6) is 0.182. The number of phenolic OH excluding ortho intramolecular Hbond substituents is 1. The Morgan fingerprint density at radius 1 is 1.43 bits per heavy atom. The number of aliphatic hydroxyl groups excluding tert-OH is 1. The molecule has 3 nitrogen and oxygen atoms in total. The van der Waals surface area contributed by atoms with E-state index in [4.69, 9.17) is 5.73 Å². The summed E-state index contributed by atoms with van der Waals surface area (Å²) in [5.41, 5.74) is 6.60. The Hall–Kier alpha value is -1.06. The standard InChI is InChI=1S/C11H17NO2/c1-2-4-10(14)11(12)8-5-3-6-9(13)7-8/h3,5-7,10-11,13-14H,2,4,12H2,1H3/t10-,11+/m1/s1. The van der Waals surface area contributed by atoms with E-state index in [-0.39, 0.29) is 5.75 Å². The van der Waals surface area contributed by atoms with Crippen molar-refractivity contribution in [2.24, 2.45) is 5.73 Å². The van der Waals surface area contributed by atoms with Crippen molar-refractivity contribution in [3.8, 4) is 5.75 Å². The molecule has 78 valence electrons. The highest BCUT2D eigenvalue weighted by Gasteiger charge is 2.15. The van der Waals surface area contributed by atoms with Gasteiger partial charge in [0.1, 0.15) is 5.75 Å². The van der Waals surface area contributed by atoms with Crippen molar-refractivity contribution in [3.63, 3.8) is 0 Å². The van der Waals surface area contributed by atoms with Crippen molar-refractivity contribution in [1.82, 2.24) is 0 Å². The SMILES string of the molecule is CCC[C@@H](O)[C@@H](N)c1cccc(O)c1. The first-order valence-corrected chi connectivity index (χ1v) is 4.87. The summed E-state index contributed by atoms with van der Waals surface area (Å²) in [4.78, 5) is 0. The molecule has 3 heteroatoms. The van der Waals surface area contributed by atoms with Crippen molar-refractivity contribution in [1.29, 1.82) is 0 Å². The molecule has 0 saturated carbocycles. The molecule has 0 unspecified atom stereocenters. The van der Waals surface area contributed by atoms with Crippen LogP contribution in [0.4, 0.5) is 0 Å². The fourth-order valence-electron chi connectivity index (χ4n) is 1.43. The van der Waals surface area contributed by atoms with Crippen LogP contribution in [0.3, 0.4) is 0 Å². The van der Waals surface area contributed by atoms with Gasteiger partial charge in [-0.05, 0) is 24.1 Å². The van der Waals surface area contributed by atoms with Gasteiger partial charge in [0, 0.05) is 0 Å². The smallest absolute Gasteiger partial charge is 0.115 e. The van der Waals surface area contributed by atoms with Crippen molar-refractivity contribution < 1.29 is 10.2 Å². The number of hydrogen-bond acceptors (Lipinski definition) is 3. The van der Waals surface area contributed by atoms with Crippen LogP contribution in [-0.2, 0) is 0 Å². The highest BCUT2D eigenvalue weighted by molar-refractivity contribution is 5.29. The molecule has 0 fully saturated rings. The maximum Gasteiger partial charge on any atom is 0.115 e. The van der Waals surface area contributed by atoms with Crippen LogP contribution < -0.4 is 5.73 Å². The monoisotopic (exact) mass is 195 g/mol. The molecule has 0 bridgehead atoms. The molecule has 0 aliphatic rings. The maximum atomic E-state index is 9.66. The topological polar surface area (TPSA) is 66.5 Å². The van der Waals surface area contributed by atoms with E-state index in [1.54, 1.807) is 18.2 Å². The van der Waals surface area contributed by atoms with Crippen LogP contribution in [0.15, 0.2) is 24.3 Å². The number of rotatable bonds is 4. The number of nitrogens with two attached hydrogens (primary N) is 1. The summed E-state index contributed by atoms with van der Waals surface area (Å²) in [6.07, 6.45) is 1.03. The average Bonchev–Trinajstić information content (AvgIpc) is 2.17. The first kappa shape index (κ1) is 11.0. The Kier molecular flexibility index (Phi) is 3.92. The Labute approximate surface area is 84.2 Å². The van der Waals surface area contributed by atoms with Crippen LogP contribution in [-0.4, -0.2) is 16.3 Å².